The van der Waals surface area contributed by atoms with Crippen LogP contribution in [0.2, 0.25) is 0 Å². The molecular formula is C15H12INO2. The lowest BCUT2D eigenvalue weighted by Gasteiger charge is -2.00. The van der Waals surface area contributed by atoms with Crippen molar-refractivity contribution in [1.29, 1.82) is 0 Å². The molecule has 4 heteroatoms. The largest absolute Gasteiger partial charge is 1.00 e. The van der Waals surface area contributed by atoms with Crippen LogP contribution in [0.1, 0.15) is 5.76 Å². The van der Waals surface area contributed by atoms with Gasteiger partial charge in [0.2, 0.25) is 6.54 Å². The smallest absolute Gasteiger partial charge is 0.205 e. The summed E-state index contributed by atoms with van der Waals surface area (Å²) in [5.41, 5.74) is 0.639. The fourth-order valence-electron chi connectivity index (χ4n) is 1.95. The summed E-state index contributed by atoms with van der Waals surface area (Å²) in [6.07, 6.45) is 3.88. The number of hydrogen-bond acceptors (Lipinski definition) is 2. The number of para-hydroxylation sites is 1. The van der Waals surface area contributed by atoms with E-state index >= 15 is 0 Å². The molecule has 0 aliphatic carbocycles. The Labute approximate surface area is 127 Å². The Balaban J connectivity index is 0.00000133. The molecule has 3 aromatic rings. The Kier molecular flexibility index (Phi) is 4.31. The minimum Gasteiger partial charge on any atom is -1.00 e. The third kappa shape index (κ3) is 3.01. The predicted molar refractivity (Wildman–Crippen MR) is 68.2 cm³/mol. The van der Waals surface area contributed by atoms with Gasteiger partial charge in [-0.25, -0.2) is 0 Å². The summed E-state index contributed by atoms with van der Waals surface area (Å²) in [4.78, 5) is 11.9. The highest BCUT2D eigenvalue weighted by molar-refractivity contribution is 5.75. The maximum Gasteiger partial charge on any atom is 0.205 e. The van der Waals surface area contributed by atoms with E-state index in [-0.39, 0.29) is 29.4 Å². The van der Waals surface area contributed by atoms with Gasteiger partial charge in [0.15, 0.2) is 23.6 Å². The van der Waals surface area contributed by atoms with Crippen molar-refractivity contribution in [2.45, 2.75) is 6.54 Å². The molecule has 0 saturated heterocycles. The predicted octanol–water partition coefficient (Wildman–Crippen LogP) is -0.867. The van der Waals surface area contributed by atoms with Crippen LogP contribution in [0.5, 0.6) is 0 Å². The van der Waals surface area contributed by atoms with Gasteiger partial charge in [0.1, 0.15) is 5.58 Å². The molecular weight excluding hydrogens is 353 g/mol. The minimum atomic E-state index is 0. The molecule has 0 bridgehead atoms. The Morgan fingerprint density at radius 3 is 2.53 bits per heavy atom. The molecule has 1 aromatic carbocycles. The van der Waals surface area contributed by atoms with Crippen LogP contribution in [0.15, 0.2) is 70.1 Å². The maximum atomic E-state index is 11.9. The second-order valence-corrected chi connectivity index (χ2v) is 4.12. The molecule has 0 N–H and O–H groups in total. The lowest BCUT2D eigenvalue weighted by molar-refractivity contribution is -0.690. The molecule has 0 fully saturated rings. The number of aromatic nitrogens is 1. The van der Waals surface area contributed by atoms with Crippen LogP contribution < -0.4 is 34.0 Å². The summed E-state index contributed by atoms with van der Waals surface area (Å²) in [6.45, 7) is 0.556. The number of benzene rings is 1. The normalized spacial score (nSPS) is 10.1. The molecule has 96 valence electrons. The lowest BCUT2D eigenvalue weighted by atomic mass is 10.2. The second kappa shape index (κ2) is 5.97. The van der Waals surface area contributed by atoms with Crippen molar-refractivity contribution in [3.05, 3.63) is 76.9 Å². The van der Waals surface area contributed by atoms with E-state index in [2.05, 4.69) is 0 Å². The number of hydrogen-bond donors (Lipinski definition) is 0. The van der Waals surface area contributed by atoms with Crippen LogP contribution in [0, 0.1) is 0 Å². The van der Waals surface area contributed by atoms with Crippen molar-refractivity contribution in [1.82, 2.24) is 0 Å². The highest BCUT2D eigenvalue weighted by Crippen LogP contribution is 2.11. The molecule has 0 unspecified atom stereocenters. The number of fused-ring (bicyclic) bond motifs is 1. The van der Waals surface area contributed by atoms with Crippen molar-refractivity contribution in [3.8, 4) is 0 Å². The SMILES string of the molecule is O=c1cc(C[n+]2ccccc2)oc2ccccc12.[I-]. The highest BCUT2D eigenvalue weighted by Gasteiger charge is 2.08. The van der Waals surface area contributed by atoms with Crippen molar-refractivity contribution < 1.29 is 33.0 Å². The first-order valence-electron chi connectivity index (χ1n) is 5.79. The first-order chi connectivity index (χ1) is 8.83. The standard InChI is InChI=1S/C15H12NO2.HI/c17-14-10-12(11-16-8-4-1-5-9-16)18-15-7-3-2-6-13(14)15;/h1-10H,11H2;1H/q+1;/p-1. The zero-order valence-electron chi connectivity index (χ0n) is 10.1. The molecule has 19 heavy (non-hydrogen) atoms. The number of halogens is 1. The average molecular weight is 365 g/mol. The van der Waals surface area contributed by atoms with Crippen molar-refractivity contribution in [2.24, 2.45) is 0 Å². The molecule has 0 saturated carbocycles. The molecule has 0 aliphatic heterocycles. The molecule has 0 amide bonds. The van der Waals surface area contributed by atoms with Gasteiger partial charge in [0.25, 0.3) is 0 Å². The van der Waals surface area contributed by atoms with Crippen LogP contribution in [0.3, 0.4) is 0 Å². The zero-order chi connectivity index (χ0) is 12.4. The second-order valence-electron chi connectivity index (χ2n) is 4.12. The zero-order valence-corrected chi connectivity index (χ0v) is 12.3. The third-order valence-corrected chi connectivity index (χ3v) is 2.80. The Bertz CT molecular complexity index is 738. The first kappa shape index (κ1) is 13.7. The monoisotopic (exact) mass is 365 g/mol. The molecule has 0 radical (unpaired) electrons. The Morgan fingerprint density at radius 2 is 1.74 bits per heavy atom. The van der Waals surface area contributed by atoms with Crippen molar-refractivity contribution in [2.75, 3.05) is 0 Å². The van der Waals surface area contributed by atoms with Crippen LogP contribution in [-0.4, -0.2) is 0 Å². The van der Waals surface area contributed by atoms with Crippen LogP contribution in [0.4, 0.5) is 0 Å². The number of nitrogens with zero attached hydrogens (tertiary/aromatic N) is 1. The van der Waals surface area contributed by atoms with Gasteiger partial charge in [0, 0.05) is 18.2 Å². The summed E-state index contributed by atoms with van der Waals surface area (Å²) in [5, 5.41) is 0.624. The molecule has 2 aromatic heterocycles. The summed E-state index contributed by atoms with van der Waals surface area (Å²) < 4.78 is 7.69. The summed E-state index contributed by atoms with van der Waals surface area (Å²) in [7, 11) is 0. The third-order valence-electron chi connectivity index (χ3n) is 2.80. The van der Waals surface area contributed by atoms with E-state index in [4.69, 9.17) is 4.42 Å². The van der Waals surface area contributed by atoms with Crippen LogP contribution >= 0.6 is 0 Å². The van der Waals surface area contributed by atoms with Crippen molar-refractivity contribution in [3.63, 3.8) is 0 Å². The van der Waals surface area contributed by atoms with Gasteiger partial charge in [-0.15, -0.1) is 0 Å². The van der Waals surface area contributed by atoms with Crippen molar-refractivity contribution >= 4 is 11.0 Å². The molecule has 3 rings (SSSR count). The molecule has 2 heterocycles. The number of rotatable bonds is 2. The van der Waals surface area contributed by atoms with Crippen LogP contribution in [-0.2, 0) is 6.54 Å². The van der Waals surface area contributed by atoms with E-state index in [0.29, 0.717) is 23.3 Å². The van der Waals surface area contributed by atoms with E-state index in [1.165, 1.54) is 0 Å². The first-order valence-corrected chi connectivity index (χ1v) is 5.79. The molecule has 0 atom stereocenters. The number of pyridine rings is 1. The molecule has 0 spiro atoms. The quantitative estimate of drug-likeness (QED) is 0.437. The Hall–Kier alpha value is -1.69. The van der Waals surface area contributed by atoms with Crippen LogP contribution in [0.25, 0.3) is 11.0 Å². The van der Waals surface area contributed by atoms with Gasteiger partial charge in [-0.1, -0.05) is 18.2 Å². The Morgan fingerprint density at radius 1 is 1.00 bits per heavy atom. The van der Waals surface area contributed by atoms with Gasteiger partial charge < -0.3 is 28.4 Å². The van der Waals surface area contributed by atoms with E-state index in [9.17, 15) is 4.79 Å². The summed E-state index contributed by atoms with van der Waals surface area (Å²) in [6, 6.07) is 14.7. The lowest BCUT2D eigenvalue weighted by Crippen LogP contribution is -3.00. The summed E-state index contributed by atoms with van der Waals surface area (Å²) >= 11 is 0. The molecule has 0 aliphatic rings. The van der Waals surface area contributed by atoms with Gasteiger partial charge in [-0.2, -0.15) is 4.57 Å². The fraction of sp³-hybridized carbons (Fsp3) is 0.0667. The van der Waals surface area contributed by atoms with Gasteiger partial charge in [-0.3, -0.25) is 4.79 Å². The van der Waals surface area contributed by atoms with E-state index in [1.807, 2.05) is 53.4 Å². The van der Waals surface area contributed by atoms with Gasteiger partial charge in [-0.05, 0) is 12.1 Å². The van der Waals surface area contributed by atoms with Gasteiger partial charge >= 0.3 is 0 Å². The maximum absolute atomic E-state index is 11.9. The van der Waals surface area contributed by atoms with E-state index in [0.717, 1.165) is 0 Å². The fourth-order valence-corrected chi connectivity index (χ4v) is 1.95. The summed E-state index contributed by atoms with van der Waals surface area (Å²) in [5.74, 6) is 0.662. The van der Waals surface area contributed by atoms with Gasteiger partial charge in [0.05, 0.1) is 5.39 Å². The highest BCUT2D eigenvalue weighted by atomic mass is 127. The topological polar surface area (TPSA) is 34.1 Å². The molecule has 3 nitrogen and oxygen atoms in total. The van der Waals surface area contributed by atoms with E-state index in [1.54, 1.807) is 12.1 Å². The minimum absolute atomic E-state index is 0. The van der Waals surface area contributed by atoms with E-state index < -0.39 is 0 Å². The average Bonchev–Trinajstić information content (AvgIpc) is 2.40.